The molecule has 5 rings (SSSR count). The number of anilines is 3. The third-order valence-corrected chi connectivity index (χ3v) is 9.00. The molecular weight excluding hydrogens is 578 g/mol. The number of benzene rings is 1. The lowest BCUT2D eigenvalue weighted by Crippen LogP contribution is -2.51. The van der Waals surface area contributed by atoms with Gasteiger partial charge in [-0.15, -0.1) is 11.8 Å². The number of rotatable bonds is 10. The van der Waals surface area contributed by atoms with Gasteiger partial charge >= 0.3 is 0 Å². The molecule has 0 saturated carbocycles. The van der Waals surface area contributed by atoms with Crippen molar-refractivity contribution in [3.8, 4) is 6.07 Å². The van der Waals surface area contributed by atoms with Gasteiger partial charge in [-0.2, -0.15) is 5.26 Å². The first-order valence-electron chi connectivity index (χ1n) is 14.4. The average Bonchev–Trinajstić information content (AvgIpc) is 3.01. The minimum absolute atomic E-state index is 0.0181. The molecule has 2 amide bonds. The average molecular weight is 614 g/mol. The third-order valence-electron chi connectivity index (χ3n) is 8.02. The fourth-order valence-corrected chi connectivity index (χ4v) is 6.47. The van der Waals surface area contributed by atoms with Crippen LogP contribution in [0.15, 0.2) is 47.8 Å². The second-order valence-corrected chi connectivity index (χ2v) is 12.2. The number of pyridine rings is 2. The first-order valence-corrected chi connectivity index (χ1v) is 15.4. The van der Waals surface area contributed by atoms with Crippen molar-refractivity contribution in [2.75, 3.05) is 55.3 Å². The molecule has 0 radical (unpaired) electrons. The lowest BCUT2D eigenvalue weighted by Gasteiger charge is -2.37. The minimum Gasteiger partial charge on any atom is -0.398 e. The maximum Gasteiger partial charge on any atom is 0.250 e. The van der Waals surface area contributed by atoms with Crippen LogP contribution in [-0.2, 0) is 28.1 Å². The number of aryl methyl sites for hydroxylation is 1. The van der Waals surface area contributed by atoms with Crippen LogP contribution in [-0.4, -0.2) is 76.8 Å². The van der Waals surface area contributed by atoms with Gasteiger partial charge < -0.3 is 27.0 Å². The molecule has 13 heteroatoms. The van der Waals surface area contributed by atoms with Crippen LogP contribution in [0.2, 0.25) is 0 Å². The second kappa shape index (κ2) is 13.4. The van der Waals surface area contributed by atoms with E-state index in [-0.39, 0.29) is 29.5 Å². The molecule has 0 bridgehead atoms. The second-order valence-electron chi connectivity index (χ2n) is 11.0. The number of carbonyl (C=O) groups is 3. The molecule has 1 fully saturated rings. The smallest absolute Gasteiger partial charge is 0.250 e. The number of nitrogens with one attached hydrogen (secondary N) is 2. The molecule has 44 heavy (non-hydrogen) atoms. The topological polar surface area (TPSA) is 183 Å². The third kappa shape index (κ3) is 6.52. The highest BCUT2D eigenvalue weighted by atomic mass is 32.2. The Morgan fingerprint density at radius 1 is 1.30 bits per heavy atom. The molecule has 3 heterocycles. The Kier molecular flexibility index (Phi) is 9.43. The standard InChI is InChI=1S/C31H35N9O3S/c1-39-9-10-40(27(42)18-39)17-21-12-20-4-2-6-31(34,28(20)29(33)24(21)19-41)30(43)38-26-13-25(22(14-32)15-37-26)36-8-11-44-23-5-3-7-35-16-23/h3,5,7,12-13,15-16,19H,2,4,6,8-11,17-18,33-34H2,1H3,(H2,36,37,38,43). The number of nitrogens with two attached hydrogens (primary N) is 2. The number of fused-ring (bicyclic) bond motifs is 1. The van der Waals surface area contributed by atoms with Crippen LogP contribution in [0.1, 0.15) is 45.5 Å². The van der Waals surface area contributed by atoms with E-state index in [1.807, 2.05) is 30.1 Å². The molecule has 1 unspecified atom stereocenters. The summed E-state index contributed by atoms with van der Waals surface area (Å²) >= 11 is 1.63. The summed E-state index contributed by atoms with van der Waals surface area (Å²) < 4.78 is 0. The number of nitrogen functional groups attached to an aromatic ring is 1. The van der Waals surface area contributed by atoms with E-state index >= 15 is 0 Å². The van der Waals surface area contributed by atoms with Crippen LogP contribution >= 0.6 is 11.8 Å². The van der Waals surface area contributed by atoms with Crippen molar-refractivity contribution in [1.29, 1.82) is 5.26 Å². The zero-order valence-corrected chi connectivity index (χ0v) is 25.3. The number of likely N-dealkylation sites (N-methyl/N-ethyl adjacent to an activating group) is 1. The largest absolute Gasteiger partial charge is 0.398 e. The number of thioether (sulfide) groups is 1. The number of hydrogen-bond donors (Lipinski definition) is 4. The Hall–Kier alpha value is -4.51. The summed E-state index contributed by atoms with van der Waals surface area (Å²) in [5.41, 5.74) is 15.0. The van der Waals surface area contributed by atoms with Crippen LogP contribution in [0.3, 0.4) is 0 Å². The molecular formula is C31H35N9O3S. The number of piperazine rings is 1. The molecule has 3 aromatic rings. The zero-order valence-electron chi connectivity index (χ0n) is 24.5. The van der Waals surface area contributed by atoms with Gasteiger partial charge in [0, 0.05) is 78.3 Å². The van der Waals surface area contributed by atoms with Crippen molar-refractivity contribution < 1.29 is 14.4 Å². The summed E-state index contributed by atoms with van der Waals surface area (Å²) in [4.78, 5) is 51.8. The number of hydrogen-bond acceptors (Lipinski definition) is 11. The number of aromatic nitrogens is 2. The Labute approximate surface area is 260 Å². The van der Waals surface area contributed by atoms with Gasteiger partial charge in [-0.05, 0) is 49.6 Å². The molecule has 1 aromatic carbocycles. The normalized spacial score (nSPS) is 18.3. The van der Waals surface area contributed by atoms with E-state index in [1.165, 1.54) is 6.20 Å². The molecule has 0 spiro atoms. The van der Waals surface area contributed by atoms with E-state index in [4.69, 9.17) is 11.5 Å². The molecule has 2 aromatic heterocycles. The molecule has 6 N–H and O–H groups in total. The van der Waals surface area contributed by atoms with E-state index in [0.717, 1.165) is 22.8 Å². The Morgan fingerprint density at radius 3 is 2.86 bits per heavy atom. The fourth-order valence-electron chi connectivity index (χ4n) is 5.72. The van der Waals surface area contributed by atoms with Crippen molar-refractivity contribution in [1.82, 2.24) is 19.8 Å². The predicted molar refractivity (Wildman–Crippen MR) is 169 cm³/mol. The lowest BCUT2D eigenvalue weighted by atomic mass is 9.74. The summed E-state index contributed by atoms with van der Waals surface area (Å²) in [6.45, 7) is 2.42. The van der Waals surface area contributed by atoms with Gasteiger partial charge in [0.2, 0.25) is 11.8 Å². The van der Waals surface area contributed by atoms with E-state index in [1.54, 1.807) is 35.1 Å². The van der Waals surface area contributed by atoms with Gasteiger partial charge in [-0.1, -0.05) is 6.07 Å². The fraction of sp³-hybridized carbons (Fsp3) is 0.355. The highest BCUT2D eigenvalue weighted by molar-refractivity contribution is 7.99. The molecule has 1 aliphatic carbocycles. The Bertz CT molecular complexity index is 1610. The van der Waals surface area contributed by atoms with Crippen LogP contribution in [0.5, 0.6) is 0 Å². The zero-order chi connectivity index (χ0) is 31.3. The summed E-state index contributed by atoms with van der Waals surface area (Å²) in [7, 11) is 1.89. The number of nitriles is 1. The molecule has 2 aliphatic rings. The Morgan fingerprint density at radius 2 is 2.14 bits per heavy atom. The van der Waals surface area contributed by atoms with Crippen molar-refractivity contribution in [3.05, 3.63) is 70.7 Å². The lowest BCUT2D eigenvalue weighted by molar-refractivity contribution is -0.136. The first-order chi connectivity index (χ1) is 21.2. The van der Waals surface area contributed by atoms with Crippen LogP contribution in [0.25, 0.3) is 0 Å². The van der Waals surface area contributed by atoms with Gasteiger partial charge in [-0.25, -0.2) is 4.98 Å². The van der Waals surface area contributed by atoms with Crippen molar-refractivity contribution in [2.45, 2.75) is 36.2 Å². The van der Waals surface area contributed by atoms with Crippen LogP contribution in [0, 0.1) is 11.3 Å². The van der Waals surface area contributed by atoms with Crippen LogP contribution < -0.4 is 22.1 Å². The maximum absolute atomic E-state index is 13.8. The van der Waals surface area contributed by atoms with Gasteiger partial charge in [-0.3, -0.25) is 24.3 Å². The molecule has 1 atom stereocenters. The summed E-state index contributed by atoms with van der Waals surface area (Å²) in [6, 6.07) is 9.44. The van der Waals surface area contributed by atoms with Crippen molar-refractivity contribution in [3.63, 3.8) is 0 Å². The van der Waals surface area contributed by atoms with Crippen LogP contribution in [0.4, 0.5) is 17.2 Å². The summed E-state index contributed by atoms with van der Waals surface area (Å²) in [5, 5.41) is 15.7. The summed E-state index contributed by atoms with van der Waals surface area (Å²) in [6.07, 6.45) is 7.16. The van der Waals surface area contributed by atoms with Crippen molar-refractivity contribution >= 4 is 47.1 Å². The molecule has 228 valence electrons. The highest BCUT2D eigenvalue weighted by Crippen LogP contribution is 2.41. The summed E-state index contributed by atoms with van der Waals surface area (Å²) in [5.74, 6) is 0.425. The van der Waals surface area contributed by atoms with E-state index in [9.17, 15) is 19.6 Å². The van der Waals surface area contributed by atoms with E-state index in [2.05, 4.69) is 26.7 Å². The first kappa shape index (κ1) is 30.9. The maximum atomic E-state index is 13.8. The van der Waals surface area contributed by atoms with E-state index < -0.39 is 11.4 Å². The van der Waals surface area contributed by atoms with Gasteiger partial charge in [0.05, 0.1) is 17.8 Å². The SMILES string of the molecule is CN1CCN(Cc2cc3c(c(N)c2C=O)C(N)(C(=O)Nc2cc(NCCSc4cccnc4)c(C#N)cn2)CCC3)C(=O)C1. The van der Waals surface area contributed by atoms with E-state index in [0.29, 0.717) is 67.6 Å². The number of aldehydes is 1. The number of carbonyl (C=O) groups excluding carboxylic acids is 3. The van der Waals surface area contributed by atoms with Gasteiger partial charge in [0.25, 0.3) is 0 Å². The van der Waals surface area contributed by atoms with Gasteiger partial charge in [0.15, 0.2) is 6.29 Å². The van der Waals surface area contributed by atoms with Crippen molar-refractivity contribution in [2.24, 2.45) is 5.73 Å². The monoisotopic (exact) mass is 613 g/mol. The number of amides is 2. The Balaban J connectivity index is 1.34. The molecule has 1 aliphatic heterocycles. The molecule has 1 saturated heterocycles. The number of nitrogens with zero attached hydrogens (tertiary/aromatic N) is 5. The molecule has 12 nitrogen and oxygen atoms in total. The van der Waals surface area contributed by atoms with Gasteiger partial charge in [0.1, 0.15) is 17.4 Å². The highest BCUT2D eigenvalue weighted by Gasteiger charge is 2.43. The minimum atomic E-state index is -1.51. The predicted octanol–water partition coefficient (Wildman–Crippen LogP) is 2.35. The quantitative estimate of drug-likeness (QED) is 0.114.